The van der Waals surface area contributed by atoms with E-state index in [0.29, 0.717) is 16.8 Å². The Bertz CT molecular complexity index is 875. The molecule has 0 spiro atoms. The first-order valence-corrected chi connectivity index (χ1v) is 8.29. The zero-order valence-corrected chi connectivity index (χ0v) is 17.8. The Balaban J connectivity index is 0.00000225. The monoisotopic (exact) mass is 434 g/mol. The maximum Gasteiger partial charge on any atom is 0.368 e. The van der Waals surface area contributed by atoms with Gasteiger partial charge in [-0.3, -0.25) is 0 Å². The second-order valence-electron chi connectivity index (χ2n) is 5.38. The van der Waals surface area contributed by atoms with E-state index in [9.17, 15) is 4.79 Å². The number of rotatable bonds is 6. The number of tetrazole rings is 1. The molecule has 1 aromatic carbocycles. The fraction of sp³-hybridized carbons (Fsp3) is 0.333. The van der Waals surface area contributed by atoms with Gasteiger partial charge in [-0.25, -0.2) is 4.79 Å². The summed E-state index contributed by atoms with van der Waals surface area (Å²) in [5.41, 5.74) is 1.20. The molecule has 129 valence electrons. The van der Waals surface area contributed by atoms with Crippen LogP contribution in [0.1, 0.15) is 19.4 Å². The van der Waals surface area contributed by atoms with Gasteiger partial charge in [-0.2, -0.15) is 15.6 Å². The van der Waals surface area contributed by atoms with Crippen molar-refractivity contribution in [2.24, 2.45) is 7.05 Å². The van der Waals surface area contributed by atoms with E-state index in [-0.39, 0.29) is 45.0 Å². The fourth-order valence-corrected chi connectivity index (χ4v) is 3.14. The predicted molar refractivity (Wildman–Crippen MR) is 89.5 cm³/mol. The van der Waals surface area contributed by atoms with Crippen LogP contribution in [0, 0.1) is 0 Å². The van der Waals surface area contributed by atoms with Gasteiger partial charge in [0.25, 0.3) is 0 Å². The van der Waals surface area contributed by atoms with Crippen molar-refractivity contribution < 1.29 is 37.4 Å². The number of hydrogen-bond acceptors (Lipinski definition) is 6. The number of thioether (sulfide) groups is 1. The zero-order chi connectivity index (χ0) is 17.1. The molecule has 0 aliphatic rings. The summed E-state index contributed by atoms with van der Waals surface area (Å²) in [5, 5.41) is 15.7. The van der Waals surface area contributed by atoms with Crippen LogP contribution in [0.2, 0.25) is 0 Å². The standard InChI is InChI=1S/C15H17N6O2S.Y/c1-10(2)24-13-6-4-5-12(21-15(22)20(3)18-19-21)11(13)9-23-14-7-8-16-17-14;/h4-8,10H,9H2,1-3H3;/q-1;. The molecule has 8 nitrogen and oxygen atoms in total. The van der Waals surface area contributed by atoms with Crippen molar-refractivity contribution in [3.63, 3.8) is 0 Å². The van der Waals surface area contributed by atoms with E-state index < -0.39 is 0 Å². The molecule has 0 atom stereocenters. The average Bonchev–Trinajstić information content (AvgIpc) is 3.17. The number of aryl methyl sites for hydroxylation is 1. The smallest absolute Gasteiger partial charge is 0.368 e. The summed E-state index contributed by atoms with van der Waals surface area (Å²) >= 11 is 1.70. The minimum atomic E-state index is -0.309. The van der Waals surface area contributed by atoms with E-state index in [1.807, 2.05) is 18.2 Å². The van der Waals surface area contributed by atoms with Gasteiger partial charge in [0.2, 0.25) is 0 Å². The molecule has 10 heteroatoms. The normalized spacial score (nSPS) is 10.7. The molecule has 1 radical (unpaired) electrons. The molecule has 0 saturated carbocycles. The van der Waals surface area contributed by atoms with E-state index in [1.54, 1.807) is 31.1 Å². The number of ether oxygens (including phenoxy) is 1. The molecule has 0 aliphatic carbocycles. The van der Waals surface area contributed by atoms with Crippen LogP contribution in [0.4, 0.5) is 0 Å². The van der Waals surface area contributed by atoms with Crippen LogP contribution in [0.25, 0.3) is 5.69 Å². The minimum Gasteiger partial charge on any atom is -0.579 e. The molecular weight excluding hydrogens is 417 g/mol. The summed E-state index contributed by atoms with van der Waals surface area (Å²) in [6.07, 6.45) is 1.57. The predicted octanol–water partition coefficient (Wildman–Crippen LogP) is 1.40. The molecule has 0 N–H and O–H groups in total. The van der Waals surface area contributed by atoms with Gasteiger partial charge in [-0.05, 0) is 28.6 Å². The van der Waals surface area contributed by atoms with Crippen LogP contribution >= 0.6 is 11.8 Å². The van der Waals surface area contributed by atoms with Crippen molar-refractivity contribution in [2.75, 3.05) is 0 Å². The first-order chi connectivity index (χ1) is 11.6. The van der Waals surface area contributed by atoms with Gasteiger partial charge in [0.05, 0.1) is 5.69 Å². The van der Waals surface area contributed by atoms with E-state index in [0.717, 1.165) is 10.5 Å². The largest absolute Gasteiger partial charge is 0.579 e. The second kappa shape index (κ2) is 8.78. The second-order valence-corrected chi connectivity index (χ2v) is 6.99. The summed E-state index contributed by atoms with van der Waals surface area (Å²) in [4.78, 5) is 13.2. The van der Waals surface area contributed by atoms with Crippen molar-refractivity contribution in [1.29, 1.82) is 0 Å². The van der Waals surface area contributed by atoms with Gasteiger partial charge < -0.3 is 14.9 Å². The number of nitrogens with zero attached hydrogens (tertiary/aromatic N) is 6. The summed E-state index contributed by atoms with van der Waals surface area (Å²) < 4.78 is 8.17. The van der Waals surface area contributed by atoms with Gasteiger partial charge >= 0.3 is 5.69 Å². The Morgan fingerprint density at radius 2 is 2.08 bits per heavy atom. The molecule has 0 amide bonds. The van der Waals surface area contributed by atoms with E-state index in [4.69, 9.17) is 4.74 Å². The summed E-state index contributed by atoms with van der Waals surface area (Å²) in [5.74, 6) is 0.441. The summed E-state index contributed by atoms with van der Waals surface area (Å²) in [6.45, 7) is 4.48. The Labute approximate surface area is 174 Å². The third-order valence-electron chi connectivity index (χ3n) is 3.23. The minimum absolute atomic E-state index is 0. The van der Waals surface area contributed by atoms with Crippen molar-refractivity contribution in [3.05, 3.63) is 46.5 Å². The van der Waals surface area contributed by atoms with Crippen LogP contribution in [0.15, 0.2) is 40.2 Å². The fourth-order valence-electron chi connectivity index (χ4n) is 2.17. The van der Waals surface area contributed by atoms with Crippen LogP contribution < -0.4 is 15.5 Å². The molecule has 3 rings (SSSR count). The molecule has 0 fully saturated rings. The van der Waals surface area contributed by atoms with Crippen molar-refractivity contribution >= 4 is 11.8 Å². The molecule has 0 aliphatic heterocycles. The Morgan fingerprint density at radius 1 is 1.28 bits per heavy atom. The summed E-state index contributed by atoms with van der Waals surface area (Å²) in [6, 6.07) is 7.42. The van der Waals surface area contributed by atoms with Gasteiger partial charge in [0, 0.05) is 55.5 Å². The maximum atomic E-state index is 12.2. The Hall–Kier alpha value is -1.45. The van der Waals surface area contributed by atoms with Gasteiger partial charge in [-0.15, -0.1) is 11.8 Å². The number of benzene rings is 1. The van der Waals surface area contributed by atoms with Gasteiger partial charge in [0.15, 0.2) is 5.88 Å². The molecule has 0 bridgehead atoms. The van der Waals surface area contributed by atoms with Crippen LogP contribution in [0.3, 0.4) is 0 Å². The SMILES string of the molecule is CC(C)Sc1cccc(-n2nnn(C)c2=O)c1COc1cc[n-]n1.[Y]. The van der Waals surface area contributed by atoms with Crippen LogP contribution in [0.5, 0.6) is 5.88 Å². The first-order valence-electron chi connectivity index (χ1n) is 7.41. The van der Waals surface area contributed by atoms with E-state index >= 15 is 0 Å². The van der Waals surface area contributed by atoms with Crippen LogP contribution in [-0.4, -0.2) is 30.1 Å². The third-order valence-corrected chi connectivity index (χ3v) is 4.33. The number of aromatic nitrogens is 6. The van der Waals surface area contributed by atoms with Crippen molar-refractivity contribution in [3.8, 4) is 11.6 Å². The first kappa shape index (κ1) is 19.9. The quantitative estimate of drug-likeness (QED) is 0.542. The molecule has 0 unspecified atom stereocenters. The number of hydrogen-bond donors (Lipinski definition) is 0. The Kier molecular flexibility index (Phi) is 6.98. The third kappa shape index (κ3) is 4.59. The molecule has 2 heterocycles. The van der Waals surface area contributed by atoms with Crippen molar-refractivity contribution in [1.82, 2.24) is 30.0 Å². The van der Waals surface area contributed by atoms with E-state index in [1.165, 1.54) is 9.36 Å². The van der Waals surface area contributed by atoms with Crippen LogP contribution in [-0.2, 0) is 46.4 Å². The Morgan fingerprint density at radius 3 is 2.68 bits per heavy atom. The molecule has 25 heavy (non-hydrogen) atoms. The van der Waals surface area contributed by atoms with Gasteiger partial charge in [-0.1, -0.05) is 19.9 Å². The van der Waals surface area contributed by atoms with Crippen molar-refractivity contribution in [2.45, 2.75) is 30.6 Å². The summed E-state index contributed by atoms with van der Waals surface area (Å²) in [7, 11) is 1.56. The molecule has 2 aromatic heterocycles. The average molecular weight is 434 g/mol. The van der Waals surface area contributed by atoms with E-state index in [2.05, 4.69) is 34.5 Å². The molecular formula is C15H17N6O2SY-. The maximum absolute atomic E-state index is 12.2. The zero-order valence-electron chi connectivity index (χ0n) is 14.2. The topological polar surface area (TPSA) is 88.9 Å². The molecule has 0 saturated heterocycles. The molecule has 3 aromatic rings. The van der Waals surface area contributed by atoms with Gasteiger partial charge in [0.1, 0.15) is 6.61 Å².